The molecule has 0 bridgehead atoms. The van der Waals surface area contributed by atoms with Crippen LogP contribution in [-0.4, -0.2) is 80.1 Å². The van der Waals surface area contributed by atoms with Crippen molar-refractivity contribution in [3.8, 4) is 23.0 Å². The van der Waals surface area contributed by atoms with E-state index in [1.54, 1.807) is 6.07 Å². The van der Waals surface area contributed by atoms with E-state index in [-0.39, 0.29) is 86.5 Å². The molecule has 0 saturated heterocycles. The first-order valence-corrected chi connectivity index (χ1v) is 17.7. The van der Waals surface area contributed by atoms with Crippen molar-refractivity contribution < 1.29 is 47.8 Å². The number of unbranched alkanes of at least 4 members (excludes halogenated alkanes) is 2. The number of rotatable bonds is 11. The number of anilines is 1. The minimum absolute atomic E-state index is 0.0460. The Balaban J connectivity index is 0.784. The van der Waals surface area contributed by atoms with E-state index in [2.05, 4.69) is 15.3 Å². The lowest BCUT2D eigenvalue weighted by atomic mass is 10.1. The second kappa shape index (κ2) is 13.5. The molecule has 8 amide bonds. The van der Waals surface area contributed by atoms with Crippen LogP contribution in [-0.2, 0) is 0 Å². The summed E-state index contributed by atoms with van der Waals surface area (Å²) in [6, 6.07) is 19.4. The first kappa shape index (κ1) is 34.9. The van der Waals surface area contributed by atoms with Crippen molar-refractivity contribution >= 4 is 53.2 Å². The van der Waals surface area contributed by atoms with E-state index in [1.807, 2.05) is 0 Å². The Kier molecular flexibility index (Phi) is 8.23. The van der Waals surface area contributed by atoms with Gasteiger partial charge in [0.2, 0.25) is 5.95 Å². The van der Waals surface area contributed by atoms with Crippen LogP contribution in [0.25, 0.3) is 0 Å². The summed E-state index contributed by atoms with van der Waals surface area (Å²) in [5.74, 6) is -3.10. The summed E-state index contributed by atoms with van der Waals surface area (Å²) < 4.78 is 11.8. The molecule has 0 spiro atoms. The zero-order chi connectivity index (χ0) is 39.5. The molecule has 4 aliphatic heterocycles. The molecule has 57 heavy (non-hydrogen) atoms. The molecular formula is C41H26N6O10. The molecule has 1 aromatic heterocycles. The Morgan fingerprint density at radius 1 is 0.439 bits per heavy atom. The average molecular weight is 763 g/mol. The fraction of sp³-hybridized carbons (Fsp3) is 0.122. The third-order valence-electron chi connectivity index (χ3n) is 9.94. The average Bonchev–Trinajstić information content (AvgIpc) is 3.82. The summed E-state index contributed by atoms with van der Waals surface area (Å²) in [5.41, 5.74) is 1.46. The monoisotopic (exact) mass is 762 g/mol. The lowest BCUT2D eigenvalue weighted by Gasteiger charge is -2.15. The largest absolute Gasteiger partial charge is 0.457 e. The number of fused-ring (bicyclic) bond motifs is 4. The zero-order valence-electron chi connectivity index (χ0n) is 29.5. The molecule has 0 atom stereocenters. The summed E-state index contributed by atoms with van der Waals surface area (Å²) in [6.45, 7) is 0.242. The van der Waals surface area contributed by atoms with Crippen LogP contribution in [0.1, 0.15) is 102 Å². The second-order valence-electron chi connectivity index (χ2n) is 13.4. The Morgan fingerprint density at radius 2 is 0.825 bits per heavy atom. The van der Waals surface area contributed by atoms with Crippen molar-refractivity contribution in [1.29, 1.82) is 0 Å². The lowest BCUT2D eigenvalue weighted by Crippen LogP contribution is -2.32. The van der Waals surface area contributed by atoms with E-state index in [9.17, 15) is 38.4 Å². The minimum Gasteiger partial charge on any atom is -0.457 e. The molecule has 9 rings (SSSR count). The smallest absolute Gasteiger partial charge is 0.268 e. The summed E-state index contributed by atoms with van der Waals surface area (Å²) >= 11 is 0. The molecule has 0 aliphatic carbocycles. The van der Waals surface area contributed by atoms with Crippen molar-refractivity contribution in [2.45, 2.75) is 19.3 Å². The SMILES string of the molecule is O=C1NC(=O)c2cc(Oc3ccc4c(c3)C(=O)N(CCCCCN3C(=O)c5ccc(Oc6ccc7c(c6)C(=O)N(c6ncccn6)C7=O)cc5C3=O)C4=O)ccc21. The predicted molar refractivity (Wildman–Crippen MR) is 195 cm³/mol. The third kappa shape index (κ3) is 5.86. The quantitative estimate of drug-likeness (QED) is 0.142. The minimum atomic E-state index is -0.604. The summed E-state index contributed by atoms with van der Waals surface area (Å²) in [4.78, 5) is 114. The van der Waals surface area contributed by atoms with Gasteiger partial charge in [-0.15, -0.1) is 0 Å². The van der Waals surface area contributed by atoms with Crippen molar-refractivity contribution in [2.24, 2.45) is 0 Å². The highest BCUT2D eigenvalue weighted by Gasteiger charge is 2.40. The number of ether oxygens (including phenoxy) is 2. The molecule has 16 heteroatoms. The number of carbonyl (C=O) groups is 8. The van der Waals surface area contributed by atoms with Gasteiger partial charge in [0.15, 0.2) is 0 Å². The van der Waals surface area contributed by atoms with Crippen molar-refractivity contribution in [1.82, 2.24) is 25.1 Å². The normalized spacial score (nSPS) is 15.3. The van der Waals surface area contributed by atoms with Crippen LogP contribution >= 0.6 is 0 Å². The Morgan fingerprint density at radius 3 is 1.33 bits per heavy atom. The first-order chi connectivity index (χ1) is 27.6. The van der Waals surface area contributed by atoms with Gasteiger partial charge in [-0.2, -0.15) is 0 Å². The molecule has 5 heterocycles. The maximum absolute atomic E-state index is 13.3. The number of benzene rings is 4. The van der Waals surface area contributed by atoms with Gasteiger partial charge in [0, 0.05) is 25.5 Å². The number of carbonyl (C=O) groups excluding carboxylic acids is 8. The van der Waals surface area contributed by atoms with Gasteiger partial charge >= 0.3 is 0 Å². The maximum Gasteiger partial charge on any atom is 0.268 e. The van der Waals surface area contributed by atoms with Crippen molar-refractivity contribution in [3.05, 3.63) is 136 Å². The van der Waals surface area contributed by atoms with Crippen LogP contribution in [0.2, 0.25) is 0 Å². The number of aromatic nitrogens is 2. The second-order valence-corrected chi connectivity index (χ2v) is 13.4. The van der Waals surface area contributed by atoms with E-state index in [0.29, 0.717) is 19.3 Å². The van der Waals surface area contributed by atoms with E-state index in [4.69, 9.17) is 9.47 Å². The van der Waals surface area contributed by atoms with E-state index >= 15 is 0 Å². The maximum atomic E-state index is 13.3. The topological polar surface area (TPSA) is 203 Å². The van der Waals surface area contributed by atoms with Crippen LogP contribution in [0, 0.1) is 0 Å². The van der Waals surface area contributed by atoms with Crippen LogP contribution in [0.15, 0.2) is 91.3 Å². The molecule has 280 valence electrons. The standard InChI is InChI=1S/C41H26N6O10/c48-33-25-9-5-21(17-29(25)34(49)44-33)56-22-6-10-26-30(18-22)37(52)45(35(26)50)15-2-1-3-16-46-36(51)27-11-7-23(19-31(27)38(46)53)57-24-8-12-28-32(20-24)40(55)47(39(28)54)41-42-13-4-14-43-41/h4-14,17-20H,1-3,15-16H2,(H,44,48,49). The van der Waals surface area contributed by atoms with Gasteiger partial charge in [-0.25, -0.2) is 14.9 Å². The number of nitrogens with zero attached hydrogens (tertiary/aromatic N) is 5. The van der Waals surface area contributed by atoms with Gasteiger partial charge in [-0.3, -0.25) is 53.5 Å². The zero-order valence-corrected chi connectivity index (χ0v) is 29.5. The van der Waals surface area contributed by atoms with Gasteiger partial charge < -0.3 is 9.47 Å². The molecule has 4 aliphatic rings. The highest BCUT2D eigenvalue weighted by atomic mass is 16.5. The van der Waals surface area contributed by atoms with E-state index in [1.165, 1.54) is 85.2 Å². The molecule has 1 N–H and O–H groups in total. The Hall–Kier alpha value is -7.88. The van der Waals surface area contributed by atoms with Gasteiger partial charge in [-0.1, -0.05) is 0 Å². The molecule has 4 aromatic carbocycles. The third-order valence-corrected chi connectivity index (χ3v) is 9.94. The molecule has 0 unspecified atom stereocenters. The fourth-order valence-electron chi connectivity index (χ4n) is 7.14. The number of imide groups is 4. The molecule has 0 saturated carbocycles. The molecule has 0 fully saturated rings. The lowest BCUT2D eigenvalue weighted by molar-refractivity contribution is 0.0647. The van der Waals surface area contributed by atoms with E-state index in [0.717, 1.165) is 14.7 Å². The molecule has 16 nitrogen and oxygen atoms in total. The molecule has 5 aromatic rings. The fourth-order valence-corrected chi connectivity index (χ4v) is 7.14. The Labute approximate surface area is 321 Å². The van der Waals surface area contributed by atoms with E-state index < -0.39 is 47.3 Å². The van der Waals surface area contributed by atoms with Crippen LogP contribution in [0.5, 0.6) is 23.0 Å². The van der Waals surface area contributed by atoms with Gasteiger partial charge in [0.05, 0.1) is 44.5 Å². The van der Waals surface area contributed by atoms with Gasteiger partial charge in [0.1, 0.15) is 23.0 Å². The summed E-state index contributed by atoms with van der Waals surface area (Å²) in [5, 5.41) is 2.21. The highest BCUT2D eigenvalue weighted by Crippen LogP contribution is 2.34. The van der Waals surface area contributed by atoms with Crippen molar-refractivity contribution in [3.63, 3.8) is 0 Å². The van der Waals surface area contributed by atoms with Gasteiger partial charge in [-0.05, 0) is 98.1 Å². The number of amides is 8. The molecule has 0 radical (unpaired) electrons. The number of nitrogens with one attached hydrogen (secondary N) is 1. The van der Waals surface area contributed by atoms with Crippen LogP contribution in [0.4, 0.5) is 5.95 Å². The number of hydrogen-bond acceptors (Lipinski definition) is 12. The van der Waals surface area contributed by atoms with Crippen molar-refractivity contribution in [2.75, 3.05) is 18.0 Å². The predicted octanol–water partition coefficient (Wildman–Crippen LogP) is 4.81. The van der Waals surface area contributed by atoms with Gasteiger partial charge in [0.25, 0.3) is 47.3 Å². The first-order valence-electron chi connectivity index (χ1n) is 17.7. The van der Waals surface area contributed by atoms with Crippen LogP contribution in [0.3, 0.4) is 0 Å². The Bertz CT molecular complexity index is 2680. The number of hydrogen-bond donors (Lipinski definition) is 1. The summed E-state index contributed by atoms with van der Waals surface area (Å²) in [6.07, 6.45) is 4.20. The molecular weight excluding hydrogens is 736 g/mol. The van der Waals surface area contributed by atoms with Crippen LogP contribution < -0.4 is 19.7 Å². The summed E-state index contributed by atoms with van der Waals surface area (Å²) in [7, 11) is 0. The highest BCUT2D eigenvalue weighted by molar-refractivity contribution is 6.34.